The number of anilines is 1. The molecule has 1 aliphatic rings. The molecule has 0 bridgehead atoms. The number of benzene rings is 1. The van der Waals surface area contributed by atoms with Crippen molar-refractivity contribution in [3.8, 4) is 5.69 Å². The van der Waals surface area contributed by atoms with Gasteiger partial charge in [-0.1, -0.05) is 30.2 Å². The fourth-order valence-electron chi connectivity index (χ4n) is 2.95. The van der Waals surface area contributed by atoms with Crippen LogP contribution in [0.1, 0.15) is 26.2 Å². The smallest absolute Gasteiger partial charge is 0.248 e. The fourth-order valence-corrected chi connectivity index (χ4v) is 2.95. The van der Waals surface area contributed by atoms with Crippen LogP contribution < -0.4 is 11.1 Å². The molecule has 0 radical (unpaired) electrons. The second kappa shape index (κ2) is 7.39. The Morgan fingerprint density at radius 3 is 2.92 bits per heavy atom. The lowest BCUT2D eigenvalue weighted by Crippen LogP contribution is -2.50. The molecule has 1 aromatic heterocycles. The van der Waals surface area contributed by atoms with E-state index in [0.717, 1.165) is 25.1 Å². The summed E-state index contributed by atoms with van der Waals surface area (Å²) in [4.78, 5) is 14.6. The number of amides is 1. The van der Waals surface area contributed by atoms with Gasteiger partial charge in [0.05, 0.1) is 5.69 Å². The number of piperidine rings is 1. The molecule has 128 valence electrons. The maximum Gasteiger partial charge on any atom is 0.248 e. The van der Waals surface area contributed by atoms with Crippen LogP contribution in [0.25, 0.3) is 5.69 Å². The maximum absolute atomic E-state index is 12.8. The number of nitrogens with zero attached hydrogens (tertiary/aromatic N) is 5. The molecular formula is C16H23N7O. The van der Waals surface area contributed by atoms with E-state index in [0.29, 0.717) is 18.9 Å². The summed E-state index contributed by atoms with van der Waals surface area (Å²) in [6, 6.07) is 9.27. The molecule has 1 amide bonds. The van der Waals surface area contributed by atoms with Crippen molar-refractivity contribution in [3.05, 3.63) is 30.3 Å². The Balaban J connectivity index is 1.74. The van der Waals surface area contributed by atoms with Crippen LogP contribution in [0.4, 0.5) is 5.95 Å². The Morgan fingerprint density at radius 2 is 2.21 bits per heavy atom. The van der Waals surface area contributed by atoms with Gasteiger partial charge in [0.2, 0.25) is 11.9 Å². The third-order valence-electron chi connectivity index (χ3n) is 4.25. The van der Waals surface area contributed by atoms with Crippen molar-refractivity contribution in [2.24, 2.45) is 5.73 Å². The second-order valence-electron chi connectivity index (χ2n) is 6.04. The van der Waals surface area contributed by atoms with Gasteiger partial charge in [-0.3, -0.25) is 4.79 Å². The predicted octanol–water partition coefficient (Wildman–Crippen LogP) is 0.802. The van der Waals surface area contributed by atoms with Crippen LogP contribution in [-0.4, -0.2) is 56.2 Å². The first-order chi connectivity index (χ1) is 11.7. The third-order valence-corrected chi connectivity index (χ3v) is 4.25. The maximum atomic E-state index is 12.8. The van der Waals surface area contributed by atoms with Crippen molar-refractivity contribution in [1.29, 1.82) is 0 Å². The predicted molar refractivity (Wildman–Crippen MR) is 90.6 cm³/mol. The molecule has 0 unspecified atom stereocenters. The highest BCUT2D eigenvalue weighted by Gasteiger charge is 2.28. The lowest BCUT2D eigenvalue weighted by Gasteiger charge is -2.33. The Labute approximate surface area is 141 Å². The number of aromatic nitrogens is 4. The number of likely N-dealkylation sites (tertiary alicyclic amines) is 1. The molecular weight excluding hydrogens is 306 g/mol. The van der Waals surface area contributed by atoms with Gasteiger partial charge in [-0.05, 0) is 41.8 Å². The molecule has 2 heterocycles. The number of tetrazole rings is 1. The Hall–Kier alpha value is -2.48. The summed E-state index contributed by atoms with van der Waals surface area (Å²) in [6.07, 6.45) is 2.57. The first-order valence-corrected chi connectivity index (χ1v) is 8.33. The van der Waals surface area contributed by atoms with Gasteiger partial charge < -0.3 is 16.0 Å². The number of nitrogens with one attached hydrogen (secondary N) is 1. The zero-order valence-corrected chi connectivity index (χ0v) is 13.8. The van der Waals surface area contributed by atoms with Crippen LogP contribution in [-0.2, 0) is 4.79 Å². The van der Waals surface area contributed by atoms with Crippen LogP contribution >= 0.6 is 0 Å². The molecule has 8 heteroatoms. The largest absolute Gasteiger partial charge is 0.341 e. The van der Waals surface area contributed by atoms with Gasteiger partial charge in [-0.15, -0.1) is 0 Å². The van der Waals surface area contributed by atoms with Crippen LogP contribution in [0.5, 0.6) is 0 Å². The second-order valence-corrected chi connectivity index (χ2v) is 6.04. The average Bonchev–Trinajstić information content (AvgIpc) is 3.08. The zero-order chi connectivity index (χ0) is 16.9. The highest BCUT2D eigenvalue weighted by Crippen LogP contribution is 2.15. The standard InChI is InChI=1S/C16H23N7O/c1-2-14(15(24)22-10-6-7-12(17)11-22)18-16-19-20-21-23(16)13-8-4-3-5-9-13/h3-5,8-9,12,14H,2,6-7,10-11,17H2,1H3,(H,18,19,21)/t12-,14-/m1/s1. The normalized spacial score (nSPS) is 19.1. The lowest BCUT2D eigenvalue weighted by atomic mass is 10.1. The van der Waals surface area contributed by atoms with E-state index in [1.54, 1.807) is 4.68 Å². The number of carbonyl (C=O) groups is 1. The Kier molecular flexibility index (Phi) is 5.05. The van der Waals surface area contributed by atoms with E-state index < -0.39 is 0 Å². The van der Waals surface area contributed by atoms with E-state index in [1.165, 1.54) is 0 Å². The van der Waals surface area contributed by atoms with Gasteiger partial charge in [-0.2, -0.15) is 4.68 Å². The van der Waals surface area contributed by atoms with E-state index in [2.05, 4.69) is 20.8 Å². The topological polar surface area (TPSA) is 102 Å². The molecule has 1 saturated heterocycles. The molecule has 2 atom stereocenters. The lowest BCUT2D eigenvalue weighted by molar-refractivity contribution is -0.133. The van der Waals surface area contributed by atoms with Crippen molar-refractivity contribution in [2.75, 3.05) is 18.4 Å². The van der Waals surface area contributed by atoms with Gasteiger partial charge in [0.1, 0.15) is 6.04 Å². The van der Waals surface area contributed by atoms with Crippen molar-refractivity contribution >= 4 is 11.9 Å². The summed E-state index contributed by atoms with van der Waals surface area (Å²) in [5, 5.41) is 14.9. The number of rotatable bonds is 5. The van der Waals surface area contributed by atoms with E-state index >= 15 is 0 Å². The van der Waals surface area contributed by atoms with Crippen LogP contribution in [0.2, 0.25) is 0 Å². The van der Waals surface area contributed by atoms with Crippen LogP contribution in [0, 0.1) is 0 Å². The first-order valence-electron chi connectivity index (χ1n) is 8.33. The van der Waals surface area contributed by atoms with Crippen molar-refractivity contribution in [3.63, 3.8) is 0 Å². The molecule has 1 aromatic carbocycles. The molecule has 24 heavy (non-hydrogen) atoms. The molecule has 0 saturated carbocycles. The zero-order valence-electron chi connectivity index (χ0n) is 13.8. The quantitative estimate of drug-likeness (QED) is 0.841. The monoisotopic (exact) mass is 329 g/mol. The van der Waals surface area contributed by atoms with E-state index in [9.17, 15) is 4.79 Å². The average molecular weight is 329 g/mol. The summed E-state index contributed by atoms with van der Waals surface area (Å²) in [5.74, 6) is 0.512. The Morgan fingerprint density at radius 1 is 1.42 bits per heavy atom. The molecule has 2 aromatic rings. The van der Waals surface area contributed by atoms with Crippen LogP contribution in [0.3, 0.4) is 0 Å². The molecule has 0 aliphatic carbocycles. The highest BCUT2D eigenvalue weighted by molar-refractivity contribution is 5.84. The van der Waals surface area contributed by atoms with Crippen molar-refractivity contribution in [2.45, 2.75) is 38.3 Å². The van der Waals surface area contributed by atoms with Gasteiger partial charge >= 0.3 is 0 Å². The molecule has 1 fully saturated rings. The molecule has 0 spiro atoms. The minimum atomic E-state index is -0.372. The van der Waals surface area contributed by atoms with Crippen LogP contribution in [0.15, 0.2) is 30.3 Å². The number of nitrogens with two attached hydrogens (primary N) is 1. The number of carbonyl (C=O) groups excluding carboxylic acids is 1. The fraction of sp³-hybridized carbons (Fsp3) is 0.500. The van der Waals surface area contributed by atoms with Crippen molar-refractivity contribution < 1.29 is 4.79 Å². The summed E-state index contributed by atoms with van der Waals surface area (Å²) in [5.41, 5.74) is 6.83. The Bertz CT molecular complexity index is 672. The summed E-state index contributed by atoms with van der Waals surface area (Å²) in [6.45, 7) is 3.34. The summed E-state index contributed by atoms with van der Waals surface area (Å²) in [7, 11) is 0. The van der Waals surface area contributed by atoms with Gasteiger partial charge in [-0.25, -0.2) is 0 Å². The van der Waals surface area contributed by atoms with Gasteiger partial charge in [0.15, 0.2) is 0 Å². The first kappa shape index (κ1) is 16.4. The molecule has 3 rings (SSSR count). The number of hydrogen-bond donors (Lipinski definition) is 2. The molecule has 3 N–H and O–H groups in total. The highest BCUT2D eigenvalue weighted by atomic mass is 16.2. The summed E-state index contributed by atoms with van der Waals surface area (Å²) >= 11 is 0. The molecule has 1 aliphatic heterocycles. The van der Waals surface area contributed by atoms with Gasteiger partial charge in [0, 0.05) is 19.1 Å². The SMILES string of the molecule is CC[C@@H](Nc1nnnn1-c1ccccc1)C(=O)N1CCC[C@@H](N)C1. The number of hydrogen-bond acceptors (Lipinski definition) is 6. The summed E-state index contributed by atoms with van der Waals surface area (Å²) < 4.78 is 1.60. The third kappa shape index (κ3) is 3.53. The van der Waals surface area contributed by atoms with E-state index in [-0.39, 0.29) is 18.0 Å². The van der Waals surface area contributed by atoms with Gasteiger partial charge in [0.25, 0.3) is 0 Å². The van der Waals surface area contributed by atoms with E-state index in [4.69, 9.17) is 5.73 Å². The number of para-hydroxylation sites is 1. The minimum Gasteiger partial charge on any atom is -0.341 e. The van der Waals surface area contributed by atoms with Crippen molar-refractivity contribution in [1.82, 2.24) is 25.1 Å². The minimum absolute atomic E-state index is 0.0512. The van der Waals surface area contributed by atoms with E-state index in [1.807, 2.05) is 42.2 Å². The molecule has 8 nitrogen and oxygen atoms in total.